The maximum atomic E-state index is 12.3. The minimum atomic E-state index is -0.639. The Morgan fingerprint density at radius 3 is 2.57 bits per heavy atom. The number of benzene rings is 1. The number of ether oxygens (including phenoxy) is 1. The van der Waals surface area contributed by atoms with Crippen molar-refractivity contribution in [2.24, 2.45) is 14.1 Å². The number of nitrogens with one attached hydrogen (secondary N) is 1. The molecule has 144 valence electrons. The average molecular weight is 399 g/mol. The number of carbonyl (C=O) groups is 2. The number of carbonyl (C=O) groups excluding carboxylic acids is 2. The van der Waals surface area contributed by atoms with E-state index >= 15 is 0 Å². The van der Waals surface area contributed by atoms with Crippen LogP contribution in [0.15, 0.2) is 57.4 Å². The first-order valence-corrected chi connectivity index (χ1v) is 9.13. The van der Waals surface area contributed by atoms with Crippen LogP contribution >= 0.6 is 11.3 Å². The fourth-order valence-corrected chi connectivity index (χ4v) is 3.08. The summed E-state index contributed by atoms with van der Waals surface area (Å²) < 4.78 is 7.43. The van der Waals surface area contributed by atoms with Crippen LogP contribution in [0.2, 0.25) is 0 Å². The number of thiophene rings is 1. The van der Waals surface area contributed by atoms with Crippen molar-refractivity contribution >= 4 is 28.9 Å². The van der Waals surface area contributed by atoms with Gasteiger partial charge in [0.2, 0.25) is 0 Å². The van der Waals surface area contributed by atoms with Crippen LogP contribution in [0, 0.1) is 0 Å². The minimum Gasteiger partial charge on any atom is -0.456 e. The topological polar surface area (TPSA) is 99.4 Å². The van der Waals surface area contributed by atoms with Crippen LogP contribution in [-0.2, 0) is 25.4 Å². The summed E-state index contributed by atoms with van der Waals surface area (Å²) in [5.41, 5.74) is -0.0143. The normalized spacial score (nSPS) is 10.5. The summed E-state index contributed by atoms with van der Waals surface area (Å²) in [4.78, 5) is 48.7. The number of amides is 1. The van der Waals surface area contributed by atoms with Gasteiger partial charge in [-0.25, -0.2) is 9.59 Å². The van der Waals surface area contributed by atoms with E-state index in [1.54, 1.807) is 35.7 Å². The maximum Gasteiger partial charge on any atom is 0.338 e. The van der Waals surface area contributed by atoms with Crippen molar-refractivity contribution in [3.63, 3.8) is 0 Å². The van der Waals surface area contributed by atoms with Gasteiger partial charge in [0.15, 0.2) is 0 Å². The molecule has 9 heteroatoms. The molecule has 0 atom stereocenters. The molecule has 2 heterocycles. The predicted molar refractivity (Wildman–Crippen MR) is 105 cm³/mol. The maximum absolute atomic E-state index is 12.3. The van der Waals surface area contributed by atoms with Gasteiger partial charge in [-0.3, -0.25) is 18.7 Å². The number of rotatable bonds is 5. The molecule has 0 unspecified atom stereocenters. The van der Waals surface area contributed by atoms with Crippen molar-refractivity contribution in [1.82, 2.24) is 9.13 Å². The first-order chi connectivity index (χ1) is 13.4. The highest BCUT2D eigenvalue weighted by Gasteiger charge is 2.13. The average Bonchev–Trinajstić information content (AvgIpc) is 3.23. The van der Waals surface area contributed by atoms with Gasteiger partial charge in [-0.1, -0.05) is 12.1 Å². The molecule has 1 N–H and O–H groups in total. The summed E-state index contributed by atoms with van der Waals surface area (Å²) >= 11 is 1.31. The Morgan fingerprint density at radius 1 is 1.07 bits per heavy atom. The van der Waals surface area contributed by atoms with Crippen molar-refractivity contribution in [1.29, 1.82) is 0 Å². The summed E-state index contributed by atoms with van der Waals surface area (Å²) in [6.07, 6.45) is 0. The Labute approximate surface area is 163 Å². The standard InChI is InChI=1S/C19H17N3O5S/c1-21-14(10-16(23)22(2)19(21)26)11-27-18(25)12-5-3-6-13(9-12)20-17(24)15-7-4-8-28-15/h3-10H,11H2,1-2H3,(H,20,24). The van der Waals surface area contributed by atoms with Gasteiger partial charge in [0.25, 0.3) is 11.5 Å². The zero-order valence-corrected chi connectivity index (χ0v) is 16.0. The molecule has 1 amide bonds. The largest absolute Gasteiger partial charge is 0.456 e. The molecule has 0 spiro atoms. The zero-order chi connectivity index (χ0) is 20.3. The molecule has 0 fully saturated rings. The lowest BCUT2D eigenvalue weighted by Crippen LogP contribution is -2.38. The molecule has 3 rings (SSSR count). The van der Waals surface area contributed by atoms with Gasteiger partial charge in [-0.15, -0.1) is 11.3 Å². The monoisotopic (exact) mass is 399 g/mol. The van der Waals surface area contributed by atoms with Crippen LogP contribution in [0.3, 0.4) is 0 Å². The fourth-order valence-electron chi connectivity index (χ4n) is 2.46. The Hall–Kier alpha value is -3.46. The highest BCUT2D eigenvalue weighted by molar-refractivity contribution is 7.12. The molecule has 0 aliphatic carbocycles. The van der Waals surface area contributed by atoms with E-state index in [1.807, 2.05) is 0 Å². The number of nitrogens with zero attached hydrogens (tertiary/aromatic N) is 2. The van der Waals surface area contributed by atoms with Gasteiger partial charge in [-0.2, -0.15) is 0 Å². The molecule has 8 nitrogen and oxygen atoms in total. The number of anilines is 1. The van der Waals surface area contributed by atoms with E-state index in [2.05, 4.69) is 5.32 Å². The molecule has 0 radical (unpaired) electrons. The third kappa shape index (κ3) is 4.09. The third-order valence-electron chi connectivity index (χ3n) is 4.08. The molecule has 1 aromatic carbocycles. The van der Waals surface area contributed by atoms with E-state index in [-0.39, 0.29) is 23.8 Å². The lowest BCUT2D eigenvalue weighted by atomic mass is 10.2. The Morgan fingerprint density at radius 2 is 1.86 bits per heavy atom. The molecule has 28 heavy (non-hydrogen) atoms. The van der Waals surface area contributed by atoms with Gasteiger partial charge in [0.05, 0.1) is 16.1 Å². The molecule has 0 saturated carbocycles. The zero-order valence-electron chi connectivity index (χ0n) is 15.2. The van der Waals surface area contributed by atoms with E-state index in [9.17, 15) is 19.2 Å². The quantitative estimate of drug-likeness (QED) is 0.659. The Kier molecular flexibility index (Phi) is 5.55. The number of esters is 1. The second-order valence-electron chi connectivity index (χ2n) is 5.96. The lowest BCUT2D eigenvalue weighted by Gasteiger charge is -2.11. The summed E-state index contributed by atoms with van der Waals surface area (Å²) in [6.45, 7) is -0.230. The van der Waals surface area contributed by atoms with Crippen LogP contribution < -0.4 is 16.6 Å². The third-order valence-corrected chi connectivity index (χ3v) is 4.95. The summed E-state index contributed by atoms with van der Waals surface area (Å²) in [5, 5.41) is 4.52. The van der Waals surface area contributed by atoms with Gasteiger partial charge < -0.3 is 10.1 Å². The molecule has 3 aromatic rings. The van der Waals surface area contributed by atoms with Crippen molar-refractivity contribution in [2.75, 3.05) is 5.32 Å². The number of hydrogen-bond donors (Lipinski definition) is 1. The van der Waals surface area contributed by atoms with E-state index in [4.69, 9.17) is 4.74 Å². The van der Waals surface area contributed by atoms with Crippen LogP contribution in [0.1, 0.15) is 25.7 Å². The van der Waals surface area contributed by atoms with Crippen LogP contribution in [0.25, 0.3) is 0 Å². The molecular formula is C19H17N3O5S. The van der Waals surface area contributed by atoms with E-state index in [0.29, 0.717) is 10.6 Å². The Bertz CT molecular complexity index is 1150. The minimum absolute atomic E-state index is 0.230. The predicted octanol–water partition coefficient (Wildman–Crippen LogP) is 1.75. The second kappa shape index (κ2) is 8.05. The highest BCUT2D eigenvalue weighted by Crippen LogP contribution is 2.16. The number of hydrogen-bond acceptors (Lipinski definition) is 6. The second-order valence-corrected chi connectivity index (χ2v) is 6.91. The van der Waals surface area contributed by atoms with Gasteiger partial charge in [0.1, 0.15) is 6.61 Å². The van der Waals surface area contributed by atoms with Crippen molar-refractivity contribution in [3.05, 3.63) is 84.8 Å². The fraction of sp³-hybridized carbons (Fsp3) is 0.158. The molecule has 0 bridgehead atoms. The summed E-state index contributed by atoms with van der Waals surface area (Å²) in [7, 11) is 2.86. The first kappa shape index (κ1) is 19.3. The molecule has 0 aliphatic heterocycles. The first-order valence-electron chi connectivity index (χ1n) is 8.25. The van der Waals surface area contributed by atoms with E-state index < -0.39 is 17.2 Å². The van der Waals surface area contributed by atoms with Gasteiger partial charge in [0, 0.05) is 25.8 Å². The smallest absolute Gasteiger partial charge is 0.338 e. The van der Waals surface area contributed by atoms with Crippen molar-refractivity contribution in [2.45, 2.75) is 6.61 Å². The molecule has 0 aliphatic rings. The van der Waals surface area contributed by atoms with Gasteiger partial charge in [-0.05, 0) is 29.6 Å². The SMILES string of the molecule is Cn1c(COC(=O)c2cccc(NC(=O)c3cccs3)c2)cc(=O)n(C)c1=O. The summed E-state index contributed by atoms with van der Waals surface area (Å²) in [6, 6.07) is 11.0. The lowest BCUT2D eigenvalue weighted by molar-refractivity contribution is 0.0462. The highest BCUT2D eigenvalue weighted by atomic mass is 32.1. The summed E-state index contributed by atoms with van der Waals surface area (Å²) in [5.74, 6) is -0.906. The van der Waals surface area contributed by atoms with Crippen LogP contribution in [0.5, 0.6) is 0 Å². The molecular weight excluding hydrogens is 382 g/mol. The van der Waals surface area contributed by atoms with Crippen LogP contribution in [-0.4, -0.2) is 21.0 Å². The van der Waals surface area contributed by atoms with E-state index in [0.717, 1.165) is 4.57 Å². The van der Waals surface area contributed by atoms with Crippen molar-refractivity contribution < 1.29 is 14.3 Å². The van der Waals surface area contributed by atoms with E-state index in [1.165, 1.54) is 42.1 Å². The molecule has 2 aromatic heterocycles. The molecule has 0 saturated heterocycles. The van der Waals surface area contributed by atoms with Crippen molar-refractivity contribution in [3.8, 4) is 0 Å². The number of aromatic nitrogens is 2. The van der Waals surface area contributed by atoms with Crippen LogP contribution in [0.4, 0.5) is 5.69 Å². The Balaban J connectivity index is 1.71. The van der Waals surface area contributed by atoms with Gasteiger partial charge >= 0.3 is 11.7 Å².